The highest BCUT2D eigenvalue weighted by atomic mass is 32.2. The number of amides is 1. The molecule has 1 rings (SSSR count). The summed E-state index contributed by atoms with van der Waals surface area (Å²) < 4.78 is 1.79. The summed E-state index contributed by atoms with van der Waals surface area (Å²) in [6.45, 7) is 6.84. The van der Waals surface area contributed by atoms with E-state index in [1.807, 2.05) is 20.8 Å². The van der Waals surface area contributed by atoms with Crippen molar-refractivity contribution in [3.05, 3.63) is 11.9 Å². The fourth-order valence-corrected chi connectivity index (χ4v) is 2.40. The zero-order valence-corrected chi connectivity index (χ0v) is 12.9. The second-order valence-corrected chi connectivity index (χ2v) is 5.68. The SMILES string of the molecule is CCCNC(=O)Cn1c(C(C)C)cnc1SCC(=O)O. The van der Waals surface area contributed by atoms with Crippen LogP contribution in [0.4, 0.5) is 0 Å². The van der Waals surface area contributed by atoms with Crippen LogP contribution in [0.3, 0.4) is 0 Å². The molecule has 0 bridgehead atoms. The van der Waals surface area contributed by atoms with Crippen molar-refractivity contribution in [2.75, 3.05) is 12.3 Å². The molecule has 1 heterocycles. The molecule has 112 valence electrons. The van der Waals surface area contributed by atoms with Crippen molar-refractivity contribution >= 4 is 23.6 Å². The Morgan fingerprint density at radius 3 is 2.75 bits per heavy atom. The zero-order chi connectivity index (χ0) is 15.1. The molecule has 0 saturated heterocycles. The maximum atomic E-state index is 11.8. The van der Waals surface area contributed by atoms with Gasteiger partial charge in [-0.05, 0) is 12.3 Å². The summed E-state index contributed by atoms with van der Waals surface area (Å²) in [5.74, 6) is -0.818. The average Bonchev–Trinajstić information content (AvgIpc) is 2.77. The second kappa shape index (κ2) is 7.94. The Morgan fingerprint density at radius 2 is 2.20 bits per heavy atom. The lowest BCUT2D eigenvalue weighted by Gasteiger charge is -2.13. The predicted molar refractivity (Wildman–Crippen MR) is 78.0 cm³/mol. The first-order chi connectivity index (χ1) is 9.45. The molecule has 0 aliphatic rings. The molecule has 1 amide bonds. The molecule has 0 spiro atoms. The van der Waals surface area contributed by atoms with Gasteiger partial charge >= 0.3 is 5.97 Å². The number of nitrogens with one attached hydrogen (secondary N) is 1. The van der Waals surface area contributed by atoms with E-state index in [1.165, 1.54) is 0 Å². The van der Waals surface area contributed by atoms with Gasteiger partial charge < -0.3 is 15.0 Å². The van der Waals surface area contributed by atoms with Crippen LogP contribution < -0.4 is 5.32 Å². The predicted octanol–water partition coefficient (Wildman–Crippen LogP) is 1.71. The standard InChI is InChI=1S/C13H21N3O3S/c1-4-5-14-11(17)7-16-10(9(2)3)6-15-13(16)20-8-12(18)19/h6,9H,4-5,7-8H2,1-3H3,(H,14,17)(H,18,19). The van der Waals surface area contributed by atoms with Gasteiger partial charge in [-0.15, -0.1) is 0 Å². The number of aliphatic carboxylic acids is 1. The lowest BCUT2D eigenvalue weighted by molar-refractivity contribution is -0.133. The van der Waals surface area contributed by atoms with Crippen LogP contribution in [-0.2, 0) is 16.1 Å². The number of nitrogens with zero attached hydrogens (tertiary/aromatic N) is 2. The van der Waals surface area contributed by atoms with Crippen LogP contribution in [0.25, 0.3) is 0 Å². The molecule has 0 unspecified atom stereocenters. The molecule has 2 N–H and O–H groups in total. The second-order valence-electron chi connectivity index (χ2n) is 4.74. The van der Waals surface area contributed by atoms with E-state index in [1.54, 1.807) is 10.8 Å². The van der Waals surface area contributed by atoms with E-state index in [4.69, 9.17) is 5.11 Å². The van der Waals surface area contributed by atoms with E-state index in [2.05, 4.69) is 10.3 Å². The number of hydrogen-bond acceptors (Lipinski definition) is 4. The van der Waals surface area contributed by atoms with Gasteiger partial charge in [0, 0.05) is 18.4 Å². The summed E-state index contributed by atoms with van der Waals surface area (Å²) in [6.07, 6.45) is 2.59. The Balaban J connectivity index is 2.85. The molecule has 0 aromatic carbocycles. The van der Waals surface area contributed by atoms with E-state index < -0.39 is 5.97 Å². The maximum Gasteiger partial charge on any atom is 0.313 e. The van der Waals surface area contributed by atoms with Crippen molar-refractivity contribution in [3.63, 3.8) is 0 Å². The highest BCUT2D eigenvalue weighted by Crippen LogP contribution is 2.23. The molecule has 6 nitrogen and oxygen atoms in total. The first kappa shape index (κ1) is 16.6. The Hall–Kier alpha value is -1.50. The summed E-state index contributed by atoms with van der Waals surface area (Å²) in [5, 5.41) is 12.1. The van der Waals surface area contributed by atoms with Crippen LogP contribution in [0.15, 0.2) is 11.4 Å². The number of imidazole rings is 1. The van der Waals surface area contributed by atoms with Gasteiger partial charge in [-0.3, -0.25) is 9.59 Å². The topological polar surface area (TPSA) is 84.2 Å². The number of carbonyl (C=O) groups excluding carboxylic acids is 1. The Kier molecular flexibility index (Phi) is 6.57. The molecule has 0 atom stereocenters. The largest absolute Gasteiger partial charge is 0.481 e. The van der Waals surface area contributed by atoms with Crippen LogP contribution in [0.2, 0.25) is 0 Å². The minimum absolute atomic E-state index is 0.0644. The van der Waals surface area contributed by atoms with Crippen molar-refractivity contribution in [1.82, 2.24) is 14.9 Å². The third kappa shape index (κ3) is 4.88. The minimum Gasteiger partial charge on any atom is -0.481 e. The van der Waals surface area contributed by atoms with E-state index in [0.717, 1.165) is 23.9 Å². The quantitative estimate of drug-likeness (QED) is 0.714. The number of aromatic nitrogens is 2. The Bertz CT molecular complexity index is 471. The van der Waals surface area contributed by atoms with E-state index in [9.17, 15) is 9.59 Å². The van der Waals surface area contributed by atoms with E-state index in [-0.39, 0.29) is 24.1 Å². The van der Waals surface area contributed by atoms with Crippen molar-refractivity contribution in [3.8, 4) is 0 Å². The molecular weight excluding hydrogens is 278 g/mol. The summed E-state index contributed by atoms with van der Waals surface area (Å²) in [7, 11) is 0. The summed E-state index contributed by atoms with van der Waals surface area (Å²) in [6, 6.07) is 0. The number of carboxylic acid groups (broad SMARTS) is 1. The fourth-order valence-electron chi connectivity index (χ4n) is 1.70. The van der Waals surface area contributed by atoms with Crippen molar-refractivity contribution in [2.45, 2.75) is 44.8 Å². The van der Waals surface area contributed by atoms with Gasteiger partial charge in [-0.2, -0.15) is 0 Å². The summed E-state index contributed by atoms with van der Waals surface area (Å²) in [4.78, 5) is 26.7. The average molecular weight is 299 g/mol. The number of rotatable bonds is 8. The third-order valence-corrected chi connectivity index (χ3v) is 3.62. The molecule has 7 heteroatoms. The third-order valence-electron chi connectivity index (χ3n) is 2.64. The lowest BCUT2D eigenvalue weighted by Crippen LogP contribution is -2.29. The normalized spacial score (nSPS) is 10.8. The van der Waals surface area contributed by atoms with Crippen LogP contribution >= 0.6 is 11.8 Å². The van der Waals surface area contributed by atoms with Crippen LogP contribution in [0, 0.1) is 0 Å². The van der Waals surface area contributed by atoms with Gasteiger partial charge in [0.15, 0.2) is 5.16 Å². The van der Waals surface area contributed by atoms with Gasteiger partial charge in [-0.1, -0.05) is 32.5 Å². The summed E-state index contributed by atoms with van der Waals surface area (Å²) in [5.41, 5.74) is 0.935. The van der Waals surface area contributed by atoms with Gasteiger partial charge in [0.05, 0.1) is 5.75 Å². The van der Waals surface area contributed by atoms with Crippen molar-refractivity contribution < 1.29 is 14.7 Å². The van der Waals surface area contributed by atoms with Crippen molar-refractivity contribution in [1.29, 1.82) is 0 Å². The number of thioether (sulfide) groups is 1. The lowest BCUT2D eigenvalue weighted by atomic mass is 10.1. The highest BCUT2D eigenvalue weighted by molar-refractivity contribution is 7.99. The molecule has 0 aliphatic carbocycles. The smallest absolute Gasteiger partial charge is 0.313 e. The van der Waals surface area contributed by atoms with Crippen LogP contribution in [0.5, 0.6) is 0 Å². The molecule has 20 heavy (non-hydrogen) atoms. The molecular formula is C13H21N3O3S. The Morgan fingerprint density at radius 1 is 1.50 bits per heavy atom. The fraction of sp³-hybridized carbons (Fsp3) is 0.615. The number of carbonyl (C=O) groups is 2. The molecule has 0 fully saturated rings. The van der Waals surface area contributed by atoms with Gasteiger partial charge in [0.25, 0.3) is 0 Å². The Labute approximate surface area is 123 Å². The highest BCUT2D eigenvalue weighted by Gasteiger charge is 2.16. The molecule has 0 aliphatic heterocycles. The van der Waals surface area contributed by atoms with E-state index in [0.29, 0.717) is 11.7 Å². The monoisotopic (exact) mass is 299 g/mol. The first-order valence-corrected chi connectivity index (χ1v) is 7.61. The molecule has 1 aromatic rings. The first-order valence-electron chi connectivity index (χ1n) is 6.62. The minimum atomic E-state index is -0.897. The maximum absolute atomic E-state index is 11.8. The molecule has 1 aromatic heterocycles. The number of carboxylic acids is 1. The summed E-state index contributed by atoms with van der Waals surface area (Å²) >= 11 is 1.13. The van der Waals surface area contributed by atoms with Crippen LogP contribution in [-0.4, -0.2) is 38.8 Å². The number of hydrogen-bond donors (Lipinski definition) is 2. The zero-order valence-electron chi connectivity index (χ0n) is 12.0. The van der Waals surface area contributed by atoms with Crippen molar-refractivity contribution in [2.24, 2.45) is 0 Å². The molecule has 0 radical (unpaired) electrons. The molecule has 0 saturated carbocycles. The van der Waals surface area contributed by atoms with Crippen LogP contribution in [0.1, 0.15) is 38.8 Å². The van der Waals surface area contributed by atoms with Gasteiger partial charge in [0.2, 0.25) is 5.91 Å². The van der Waals surface area contributed by atoms with E-state index >= 15 is 0 Å². The van der Waals surface area contributed by atoms with Gasteiger partial charge in [-0.25, -0.2) is 4.98 Å². The van der Waals surface area contributed by atoms with Gasteiger partial charge in [0.1, 0.15) is 6.54 Å².